The third kappa shape index (κ3) is 6.18. The first kappa shape index (κ1) is 23.5. The number of benzene rings is 3. The van der Waals surface area contributed by atoms with Crippen LogP contribution in [0.25, 0.3) is 0 Å². The Morgan fingerprint density at radius 3 is 2.28 bits per heavy atom. The maximum absolute atomic E-state index is 13.1. The van der Waals surface area contributed by atoms with Gasteiger partial charge in [-0.3, -0.25) is 4.79 Å². The fourth-order valence-electron chi connectivity index (χ4n) is 3.35. The van der Waals surface area contributed by atoms with Crippen molar-refractivity contribution in [1.29, 1.82) is 0 Å². The highest BCUT2D eigenvalue weighted by Gasteiger charge is 2.26. The van der Waals surface area contributed by atoms with E-state index in [0.29, 0.717) is 18.0 Å². The molecule has 6 nitrogen and oxygen atoms in total. The minimum atomic E-state index is -3.93. The second-order valence-corrected chi connectivity index (χ2v) is 9.29. The van der Waals surface area contributed by atoms with Crippen LogP contribution in [0.5, 0.6) is 5.75 Å². The molecule has 0 aliphatic heterocycles. The van der Waals surface area contributed by atoms with Gasteiger partial charge in [0.25, 0.3) is 0 Å². The molecular weight excluding hydrogens is 424 g/mol. The van der Waals surface area contributed by atoms with Gasteiger partial charge in [-0.05, 0) is 68.7 Å². The van der Waals surface area contributed by atoms with Crippen molar-refractivity contribution in [2.75, 3.05) is 11.9 Å². The van der Waals surface area contributed by atoms with E-state index < -0.39 is 22.0 Å². The average Bonchev–Trinajstić information content (AvgIpc) is 2.76. The number of carbonyl (C=O) groups is 1. The molecule has 0 spiro atoms. The van der Waals surface area contributed by atoms with Crippen molar-refractivity contribution in [1.82, 2.24) is 4.72 Å². The summed E-state index contributed by atoms with van der Waals surface area (Å²) in [6.07, 6.45) is 0.216. The van der Waals surface area contributed by atoms with E-state index in [1.807, 2.05) is 69.3 Å². The van der Waals surface area contributed by atoms with Gasteiger partial charge >= 0.3 is 0 Å². The highest BCUT2D eigenvalue weighted by Crippen LogP contribution is 2.19. The first-order chi connectivity index (χ1) is 15.3. The summed E-state index contributed by atoms with van der Waals surface area (Å²) in [5.41, 5.74) is 3.49. The molecule has 1 atom stereocenters. The predicted octanol–water partition coefficient (Wildman–Crippen LogP) is 4.23. The number of carbonyl (C=O) groups excluding carboxylic acids is 1. The van der Waals surface area contributed by atoms with Gasteiger partial charge in [0, 0.05) is 5.69 Å². The first-order valence-electron chi connectivity index (χ1n) is 10.5. The third-order valence-corrected chi connectivity index (χ3v) is 6.47. The Bertz CT molecular complexity index is 1160. The van der Waals surface area contributed by atoms with Gasteiger partial charge in [0.2, 0.25) is 15.9 Å². The molecule has 7 heteroatoms. The molecule has 3 rings (SSSR count). The smallest absolute Gasteiger partial charge is 0.242 e. The van der Waals surface area contributed by atoms with Crippen LogP contribution < -0.4 is 14.8 Å². The molecule has 32 heavy (non-hydrogen) atoms. The largest absolute Gasteiger partial charge is 0.494 e. The first-order valence-corrected chi connectivity index (χ1v) is 11.9. The van der Waals surface area contributed by atoms with E-state index in [0.717, 1.165) is 16.7 Å². The summed E-state index contributed by atoms with van der Waals surface area (Å²) in [7, 11) is -3.93. The van der Waals surface area contributed by atoms with Gasteiger partial charge in [0.15, 0.2) is 0 Å². The Hall–Kier alpha value is -3.16. The van der Waals surface area contributed by atoms with Crippen LogP contribution in [0.15, 0.2) is 77.7 Å². The van der Waals surface area contributed by atoms with Crippen LogP contribution in [0.2, 0.25) is 0 Å². The van der Waals surface area contributed by atoms with Crippen molar-refractivity contribution in [3.8, 4) is 5.75 Å². The molecule has 168 valence electrons. The van der Waals surface area contributed by atoms with Crippen LogP contribution in [-0.4, -0.2) is 27.0 Å². The van der Waals surface area contributed by atoms with Gasteiger partial charge in [0.1, 0.15) is 11.8 Å². The minimum Gasteiger partial charge on any atom is -0.494 e. The van der Waals surface area contributed by atoms with E-state index in [-0.39, 0.29) is 11.3 Å². The molecule has 3 aromatic carbocycles. The summed E-state index contributed by atoms with van der Waals surface area (Å²) in [6, 6.07) is 20.1. The molecule has 0 radical (unpaired) electrons. The van der Waals surface area contributed by atoms with Crippen molar-refractivity contribution in [3.63, 3.8) is 0 Å². The molecule has 0 bridgehead atoms. The van der Waals surface area contributed by atoms with E-state index in [4.69, 9.17) is 4.74 Å². The Kier molecular flexibility index (Phi) is 7.66. The molecule has 0 saturated heterocycles. The number of aryl methyl sites for hydroxylation is 2. The lowest BCUT2D eigenvalue weighted by Gasteiger charge is -2.20. The normalized spacial score (nSPS) is 12.2. The Morgan fingerprint density at radius 1 is 0.969 bits per heavy atom. The van der Waals surface area contributed by atoms with Gasteiger partial charge in [-0.25, -0.2) is 8.42 Å². The van der Waals surface area contributed by atoms with Gasteiger partial charge in [-0.2, -0.15) is 4.72 Å². The van der Waals surface area contributed by atoms with Crippen molar-refractivity contribution < 1.29 is 17.9 Å². The molecule has 0 aliphatic carbocycles. The lowest BCUT2D eigenvalue weighted by molar-refractivity contribution is -0.117. The number of hydrogen-bond acceptors (Lipinski definition) is 4. The van der Waals surface area contributed by atoms with Gasteiger partial charge in [0.05, 0.1) is 11.5 Å². The Balaban J connectivity index is 1.85. The zero-order valence-corrected chi connectivity index (χ0v) is 19.3. The average molecular weight is 453 g/mol. The summed E-state index contributed by atoms with van der Waals surface area (Å²) < 4.78 is 34.0. The van der Waals surface area contributed by atoms with E-state index in [1.54, 1.807) is 12.1 Å². The fraction of sp³-hybridized carbons (Fsp3) is 0.240. The third-order valence-electron chi connectivity index (χ3n) is 4.98. The predicted molar refractivity (Wildman–Crippen MR) is 126 cm³/mol. The number of anilines is 1. The molecule has 0 aromatic heterocycles. The van der Waals surface area contributed by atoms with Gasteiger partial charge in [-0.15, -0.1) is 0 Å². The number of ether oxygens (including phenoxy) is 1. The molecule has 1 amide bonds. The van der Waals surface area contributed by atoms with Crippen LogP contribution in [-0.2, 0) is 21.2 Å². The van der Waals surface area contributed by atoms with Crippen LogP contribution in [0.1, 0.15) is 23.6 Å². The molecule has 0 fully saturated rings. The standard InChI is InChI=1S/C25H28N2O4S/c1-4-31-21-11-13-22(14-12-21)32(29,30)27-24(17-20-8-6-5-7-9-20)25(28)26-23-15-10-18(2)16-19(23)3/h5-16,24,27H,4,17H2,1-3H3,(H,26,28)/t24-/m0/s1. The number of nitrogens with one attached hydrogen (secondary N) is 2. The molecule has 3 aromatic rings. The second-order valence-electron chi connectivity index (χ2n) is 7.58. The summed E-state index contributed by atoms with van der Waals surface area (Å²) in [5.74, 6) is 0.162. The van der Waals surface area contributed by atoms with Crippen LogP contribution in [0.4, 0.5) is 5.69 Å². The van der Waals surface area contributed by atoms with Crippen LogP contribution in [0.3, 0.4) is 0 Å². The Labute approximate surface area is 189 Å². The zero-order chi connectivity index (χ0) is 23.1. The van der Waals surface area contributed by atoms with Crippen molar-refractivity contribution >= 4 is 21.6 Å². The zero-order valence-electron chi connectivity index (χ0n) is 18.5. The highest BCUT2D eigenvalue weighted by atomic mass is 32.2. The van der Waals surface area contributed by atoms with Crippen LogP contribution >= 0.6 is 0 Å². The number of rotatable bonds is 9. The summed E-state index contributed by atoms with van der Waals surface area (Å²) in [4.78, 5) is 13.2. The van der Waals surface area contributed by atoms with E-state index >= 15 is 0 Å². The van der Waals surface area contributed by atoms with E-state index in [1.165, 1.54) is 12.1 Å². The van der Waals surface area contributed by atoms with Gasteiger partial charge < -0.3 is 10.1 Å². The van der Waals surface area contributed by atoms with Crippen molar-refractivity contribution in [2.45, 2.75) is 38.1 Å². The van der Waals surface area contributed by atoms with E-state index in [2.05, 4.69) is 10.0 Å². The highest BCUT2D eigenvalue weighted by molar-refractivity contribution is 7.89. The lowest BCUT2D eigenvalue weighted by Crippen LogP contribution is -2.45. The lowest BCUT2D eigenvalue weighted by atomic mass is 10.1. The molecule has 2 N–H and O–H groups in total. The van der Waals surface area contributed by atoms with Crippen molar-refractivity contribution in [3.05, 3.63) is 89.5 Å². The van der Waals surface area contributed by atoms with E-state index in [9.17, 15) is 13.2 Å². The number of hydrogen-bond donors (Lipinski definition) is 2. The summed E-state index contributed by atoms with van der Waals surface area (Å²) in [6.45, 7) is 6.22. The minimum absolute atomic E-state index is 0.0679. The maximum atomic E-state index is 13.1. The maximum Gasteiger partial charge on any atom is 0.242 e. The quantitative estimate of drug-likeness (QED) is 0.509. The summed E-state index contributed by atoms with van der Waals surface area (Å²) in [5, 5.41) is 2.87. The SMILES string of the molecule is CCOc1ccc(S(=O)(=O)N[C@@H](Cc2ccccc2)C(=O)Nc2ccc(C)cc2C)cc1. The van der Waals surface area contributed by atoms with Crippen molar-refractivity contribution in [2.24, 2.45) is 0 Å². The fourth-order valence-corrected chi connectivity index (χ4v) is 4.54. The second kappa shape index (κ2) is 10.4. The molecule has 0 heterocycles. The number of amides is 1. The Morgan fingerprint density at radius 2 is 1.66 bits per heavy atom. The number of sulfonamides is 1. The summed E-state index contributed by atoms with van der Waals surface area (Å²) >= 11 is 0. The molecule has 0 aliphatic rings. The molecular formula is C25H28N2O4S. The topological polar surface area (TPSA) is 84.5 Å². The molecule has 0 saturated carbocycles. The monoisotopic (exact) mass is 452 g/mol. The van der Waals surface area contributed by atoms with Gasteiger partial charge in [-0.1, -0.05) is 48.0 Å². The molecule has 0 unspecified atom stereocenters. The van der Waals surface area contributed by atoms with Crippen LogP contribution in [0, 0.1) is 13.8 Å².